The Balaban J connectivity index is 1.63. The number of nitrogens with one attached hydrogen (secondary N) is 2. The Labute approximate surface area is 128 Å². The maximum absolute atomic E-state index is 11.9. The molecule has 0 saturated heterocycles. The van der Waals surface area contributed by atoms with Gasteiger partial charge in [-0.05, 0) is 24.3 Å². The van der Waals surface area contributed by atoms with E-state index in [0.29, 0.717) is 11.4 Å². The van der Waals surface area contributed by atoms with Crippen molar-refractivity contribution in [1.82, 2.24) is 15.6 Å². The lowest BCUT2D eigenvalue weighted by Gasteiger charge is -2.07. The third-order valence-electron chi connectivity index (χ3n) is 3.07. The number of carbonyl (C=O) groups excluding carboxylic acids is 1. The van der Waals surface area contributed by atoms with Crippen molar-refractivity contribution in [2.24, 2.45) is 0 Å². The van der Waals surface area contributed by atoms with Crippen LogP contribution in [-0.4, -0.2) is 16.1 Å². The van der Waals surface area contributed by atoms with Crippen LogP contribution >= 0.6 is 0 Å². The first kappa shape index (κ1) is 13.8. The van der Waals surface area contributed by atoms with Crippen molar-refractivity contribution in [2.45, 2.75) is 0 Å². The average Bonchev–Trinajstić information content (AvgIpc) is 2.61. The molecule has 0 fully saturated rings. The summed E-state index contributed by atoms with van der Waals surface area (Å²) >= 11 is 0. The number of hydrazine groups is 1. The summed E-state index contributed by atoms with van der Waals surface area (Å²) in [5.41, 5.74) is 7.68. The second kappa shape index (κ2) is 6.49. The van der Waals surface area contributed by atoms with Crippen molar-refractivity contribution < 1.29 is 4.79 Å². The third kappa shape index (κ3) is 3.27. The summed E-state index contributed by atoms with van der Waals surface area (Å²) in [4.78, 5) is 11.9. The molecule has 1 aromatic heterocycles. The molecule has 22 heavy (non-hydrogen) atoms. The van der Waals surface area contributed by atoms with Crippen LogP contribution in [-0.2, 0) is 0 Å². The maximum atomic E-state index is 11.9. The lowest BCUT2D eigenvalue weighted by Crippen LogP contribution is -2.29. The number of nitrogens with zero attached hydrogens (tertiary/aromatic N) is 2. The molecule has 2 N–H and O–H groups in total. The molecule has 1 amide bonds. The van der Waals surface area contributed by atoms with Gasteiger partial charge in [0.2, 0.25) is 0 Å². The van der Waals surface area contributed by atoms with Gasteiger partial charge in [0.15, 0.2) is 5.82 Å². The standard InChI is InChI=1S/C17H14N4O/c22-17(14-9-5-2-6-10-14)21-20-16-12-11-15(18-19-16)13-7-3-1-4-8-13/h1-12H,(H,19,20)(H,21,22). The van der Waals surface area contributed by atoms with Gasteiger partial charge in [0.1, 0.15) is 0 Å². The molecule has 0 bridgehead atoms. The molecular weight excluding hydrogens is 276 g/mol. The summed E-state index contributed by atoms with van der Waals surface area (Å²) in [6.45, 7) is 0. The SMILES string of the molecule is O=C(NNc1ccc(-c2ccccc2)nn1)c1ccccc1. The summed E-state index contributed by atoms with van der Waals surface area (Å²) in [7, 11) is 0. The summed E-state index contributed by atoms with van der Waals surface area (Å²) < 4.78 is 0. The van der Waals surface area contributed by atoms with E-state index in [2.05, 4.69) is 21.0 Å². The van der Waals surface area contributed by atoms with Crippen LogP contribution in [0.2, 0.25) is 0 Å². The highest BCUT2D eigenvalue weighted by molar-refractivity contribution is 5.94. The largest absolute Gasteiger partial charge is 0.280 e. The van der Waals surface area contributed by atoms with Gasteiger partial charge >= 0.3 is 0 Å². The van der Waals surface area contributed by atoms with Crippen LogP contribution < -0.4 is 10.9 Å². The summed E-state index contributed by atoms with van der Waals surface area (Å²) in [6.07, 6.45) is 0. The van der Waals surface area contributed by atoms with Gasteiger partial charge in [-0.1, -0.05) is 48.5 Å². The van der Waals surface area contributed by atoms with E-state index in [9.17, 15) is 4.79 Å². The monoisotopic (exact) mass is 290 g/mol. The first-order chi connectivity index (χ1) is 10.8. The lowest BCUT2D eigenvalue weighted by atomic mass is 10.1. The fourth-order valence-electron chi connectivity index (χ4n) is 1.94. The van der Waals surface area contributed by atoms with Gasteiger partial charge in [0.05, 0.1) is 5.69 Å². The fourth-order valence-corrected chi connectivity index (χ4v) is 1.94. The molecule has 0 atom stereocenters. The minimum absolute atomic E-state index is 0.227. The molecule has 0 aliphatic heterocycles. The Morgan fingerprint density at radius 3 is 2.09 bits per heavy atom. The smallest absolute Gasteiger partial charge is 0.269 e. The quantitative estimate of drug-likeness (QED) is 0.725. The van der Waals surface area contributed by atoms with Crippen LogP contribution in [0.4, 0.5) is 5.82 Å². The Hall–Kier alpha value is -3.21. The number of hydrogen-bond acceptors (Lipinski definition) is 4. The second-order valence-electron chi connectivity index (χ2n) is 4.61. The van der Waals surface area contributed by atoms with Crippen molar-refractivity contribution in [2.75, 3.05) is 5.43 Å². The first-order valence-corrected chi connectivity index (χ1v) is 6.83. The van der Waals surface area contributed by atoms with Gasteiger partial charge in [-0.2, -0.15) is 0 Å². The van der Waals surface area contributed by atoms with Gasteiger partial charge in [-0.25, -0.2) is 0 Å². The predicted molar refractivity (Wildman–Crippen MR) is 85.0 cm³/mol. The minimum atomic E-state index is -0.227. The van der Waals surface area contributed by atoms with E-state index >= 15 is 0 Å². The van der Waals surface area contributed by atoms with E-state index in [-0.39, 0.29) is 5.91 Å². The van der Waals surface area contributed by atoms with Crippen molar-refractivity contribution in [3.8, 4) is 11.3 Å². The van der Waals surface area contributed by atoms with Crippen LogP contribution in [0, 0.1) is 0 Å². The van der Waals surface area contributed by atoms with Crippen molar-refractivity contribution in [3.63, 3.8) is 0 Å². The molecule has 0 aliphatic carbocycles. The van der Waals surface area contributed by atoms with Crippen LogP contribution in [0.25, 0.3) is 11.3 Å². The zero-order valence-electron chi connectivity index (χ0n) is 11.7. The molecular formula is C17H14N4O. The first-order valence-electron chi connectivity index (χ1n) is 6.83. The average molecular weight is 290 g/mol. The van der Waals surface area contributed by atoms with E-state index in [1.807, 2.05) is 54.6 Å². The Morgan fingerprint density at radius 1 is 0.773 bits per heavy atom. The van der Waals surface area contributed by atoms with Gasteiger partial charge in [-0.3, -0.25) is 15.6 Å². The molecule has 1 heterocycles. The zero-order chi connectivity index (χ0) is 15.2. The highest BCUT2D eigenvalue weighted by Crippen LogP contribution is 2.15. The van der Waals surface area contributed by atoms with Crippen molar-refractivity contribution in [1.29, 1.82) is 0 Å². The molecule has 3 rings (SSSR count). The van der Waals surface area contributed by atoms with E-state index in [4.69, 9.17) is 0 Å². The number of carbonyl (C=O) groups is 1. The van der Waals surface area contributed by atoms with E-state index in [1.165, 1.54) is 0 Å². The van der Waals surface area contributed by atoms with Gasteiger partial charge in [-0.15, -0.1) is 10.2 Å². The number of benzene rings is 2. The third-order valence-corrected chi connectivity index (χ3v) is 3.07. The Morgan fingerprint density at radius 2 is 1.45 bits per heavy atom. The molecule has 5 nitrogen and oxygen atoms in total. The predicted octanol–water partition coefficient (Wildman–Crippen LogP) is 2.90. The molecule has 3 aromatic rings. The summed E-state index contributed by atoms with van der Waals surface area (Å²) in [5, 5.41) is 8.18. The molecule has 0 unspecified atom stereocenters. The zero-order valence-corrected chi connectivity index (χ0v) is 11.7. The molecule has 0 radical (unpaired) electrons. The molecule has 108 valence electrons. The number of rotatable bonds is 4. The summed E-state index contributed by atoms with van der Waals surface area (Å²) in [5.74, 6) is 0.249. The molecule has 0 saturated carbocycles. The van der Waals surface area contributed by atoms with Crippen LogP contribution in [0.15, 0.2) is 72.8 Å². The Kier molecular flexibility index (Phi) is 4.06. The molecule has 0 aliphatic rings. The van der Waals surface area contributed by atoms with Crippen LogP contribution in [0.5, 0.6) is 0 Å². The number of hydrogen-bond donors (Lipinski definition) is 2. The highest BCUT2D eigenvalue weighted by atomic mass is 16.2. The molecule has 5 heteroatoms. The van der Waals surface area contributed by atoms with Crippen molar-refractivity contribution >= 4 is 11.7 Å². The van der Waals surface area contributed by atoms with Gasteiger partial charge < -0.3 is 0 Å². The normalized spacial score (nSPS) is 10.0. The number of anilines is 1. The topological polar surface area (TPSA) is 66.9 Å². The maximum Gasteiger partial charge on any atom is 0.269 e. The molecule has 2 aromatic carbocycles. The number of amides is 1. The highest BCUT2D eigenvalue weighted by Gasteiger charge is 2.04. The minimum Gasteiger partial charge on any atom is -0.280 e. The Bertz CT molecular complexity index is 743. The summed E-state index contributed by atoms with van der Waals surface area (Å²) in [6, 6.07) is 22.3. The van der Waals surface area contributed by atoms with E-state index in [1.54, 1.807) is 18.2 Å². The van der Waals surface area contributed by atoms with Crippen LogP contribution in [0.1, 0.15) is 10.4 Å². The number of aromatic nitrogens is 2. The van der Waals surface area contributed by atoms with Gasteiger partial charge in [0.25, 0.3) is 5.91 Å². The van der Waals surface area contributed by atoms with Crippen molar-refractivity contribution in [3.05, 3.63) is 78.4 Å². The van der Waals surface area contributed by atoms with E-state index in [0.717, 1.165) is 11.3 Å². The van der Waals surface area contributed by atoms with E-state index < -0.39 is 0 Å². The van der Waals surface area contributed by atoms with Crippen LogP contribution in [0.3, 0.4) is 0 Å². The lowest BCUT2D eigenvalue weighted by molar-refractivity contribution is 0.0962. The molecule has 0 spiro atoms. The fraction of sp³-hybridized carbons (Fsp3) is 0. The second-order valence-corrected chi connectivity index (χ2v) is 4.61. The van der Waals surface area contributed by atoms with Gasteiger partial charge in [0, 0.05) is 11.1 Å².